The van der Waals surface area contributed by atoms with Crippen molar-refractivity contribution in [1.29, 1.82) is 0 Å². The number of hydrogen-bond donors (Lipinski definition) is 0. The lowest BCUT2D eigenvalue weighted by atomic mass is 9.96. The van der Waals surface area contributed by atoms with E-state index in [0.29, 0.717) is 0 Å². The van der Waals surface area contributed by atoms with Crippen molar-refractivity contribution in [3.05, 3.63) is 0 Å². The Morgan fingerprint density at radius 2 is 0.762 bits per heavy atom. The average molecular weight is 352 g/mol. The van der Waals surface area contributed by atoms with E-state index in [1.54, 1.807) is 0 Å². The van der Waals surface area contributed by atoms with Crippen LogP contribution in [0.4, 0.5) is 61.5 Å². The average Bonchev–Trinajstić information content (AvgIpc) is 2.10. The zero-order valence-electron chi connectivity index (χ0n) is 9.00. The highest BCUT2D eigenvalue weighted by molar-refractivity contribution is 5.06. The Kier molecular flexibility index (Phi) is 4.54. The third kappa shape index (κ3) is 3.27. The zero-order valence-corrected chi connectivity index (χ0v) is 9.00. The summed E-state index contributed by atoms with van der Waals surface area (Å²) in [4.78, 5) is 0. The van der Waals surface area contributed by atoms with E-state index >= 15 is 0 Å². The van der Waals surface area contributed by atoms with Crippen LogP contribution in [0.5, 0.6) is 0 Å². The van der Waals surface area contributed by atoms with Crippen molar-refractivity contribution in [2.75, 3.05) is 0 Å². The molecule has 0 radical (unpaired) electrons. The van der Waals surface area contributed by atoms with Gasteiger partial charge in [0.1, 0.15) is 6.42 Å². The SMILES string of the molecule is FC(F)(F)CC(F)(F)C(F)(F)C(F)(F)C(F)(F)C(F)(F)F. The van der Waals surface area contributed by atoms with Gasteiger partial charge >= 0.3 is 36.0 Å². The Hall–Kier alpha value is -0.980. The van der Waals surface area contributed by atoms with Crippen LogP contribution in [0.2, 0.25) is 0 Å². The van der Waals surface area contributed by atoms with Crippen LogP contribution in [-0.2, 0) is 0 Å². The van der Waals surface area contributed by atoms with E-state index in [1.807, 2.05) is 0 Å². The van der Waals surface area contributed by atoms with E-state index in [9.17, 15) is 61.5 Å². The van der Waals surface area contributed by atoms with Gasteiger partial charge in [0, 0.05) is 0 Å². The molecule has 0 aliphatic heterocycles. The predicted molar refractivity (Wildman–Crippen MR) is 36.5 cm³/mol. The zero-order chi connectivity index (χ0) is 17.7. The molecule has 0 spiro atoms. The van der Waals surface area contributed by atoms with E-state index in [-0.39, 0.29) is 0 Å². The Morgan fingerprint density at radius 1 is 0.429 bits per heavy atom. The molecule has 0 fully saturated rings. The molecule has 0 saturated carbocycles. The molecule has 0 nitrogen and oxygen atoms in total. The Labute approximate surface area is 105 Å². The van der Waals surface area contributed by atoms with E-state index in [1.165, 1.54) is 0 Å². The minimum absolute atomic E-state index is 4.02. The molecule has 21 heavy (non-hydrogen) atoms. The highest BCUT2D eigenvalue weighted by Crippen LogP contribution is 2.58. The molecule has 0 aliphatic carbocycles. The molecule has 0 aromatic carbocycles. The van der Waals surface area contributed by atoms with Gasteiger partial charge in [-0.2, -0.15) is 61.5 Å². The molecule has 0 aliphatic rings. The summed E-state index contributed by atoms with van der Waals surface area (Å²) in [5, 5.41) is 0. The maximum Gasteiger partial charge on any atom is 0.460 e. The molecule has 0 amide bonds. The van der Waals surface area contributed by atoms with Crippen molar-refractivity contribution in [1.82, 2.24) is 0 Å². The molecule has 0 heterocycles. The lowest BCUT2D eigenvalue weighted by Gasteiger charge is -2.37. The van der Waals surface area contributed by atoms with Gasteiger partial charge in [-0.05, 0) is 0 Å². The fourth-order valence-electron chi connectivity index (χ4n) is 0.968. The van der Waals surface area contributed by atoms with Gasteiger partial charge in [0.05, 0.1) is 0 Å². The Bertz CT molecular complexity index is 370. The topological polar surface area (TPSA) is 0 Å². The van der Waals surface area contributed by atoms with Crippen molar-refractivity contribution in [3.8, 4) is 0 Å². The summed E-state index contributed by atoms with van der Waals surface area (Å²) in [5.41, 5.74) is 0. The second-order valence-electron chi connectivity index (χ2n) is 3.72. The van der Waals surface area contributed by atoms with Gasteiger partial charge in [-0.1, -0.05) is 0 Å². The van der Waals surface area contributed by atoms with Crippen LogP contribution in [0.3, 0.4) is 0 Å². The minimum atomic E-state index is -7.81. The van der Waals surface area contributed by atoms with Crippen molar-refractivity contribution >= 4 is 0 Å². The first-order chi connectivity index (χ1) is 8.71. The minimum Gasteiger partial charge on any atom is -0.199 e. The van der Waals surface area contributed by atoms with Crippen LogP contribution in [0.1, 0.15) is 6.42 Å². The van der Waals surface area contributed by atoms with Crippen LogP contribution < -0.4 is 0 Å². The van der Waals surface area contributed by atoms with E-state index < -0.39 is 42.5 Å². The molecule has 0 N–H and O–H groups in total. The first-order valence-corrected chi connectivity index (χ1v) is 4.35. The van der Waals surface area contributed by atoms with Crippen molar-refractivity contribution < 1.29 is 61.5 Å². The monoisotopic (exact) mass is 352 g/mol. The number of hydrogen-bond acceptors (Lipinski definition) is 0. The van der Waals surface area contributed by atoms with Gasteiger partial charge in [0.25, 0.3) is 0 Å². The fourth-order valence-corrected chi connectivity index (χ4v) is 0.968. The predicted octanol–water partition coefficient (Wildman–Crippen LogP) is 5.04. The molecule has 0 aromatic heterocycles. The Balaban J connectivity index is 5.89. The van der Waals surface area contributed by atoms with E-state index in [4.69, 9.17) is 0 Å². The van der Waals surface area contributed by atoms with Crippen molar-refractivity contribution in [2.24, 2.45) is 0 Å². The molecule has 0 rings (SSSR count). The summed E-state index contributed by atoms with van der Waals surface area (Å²) in [6.45, 7) is 0. The maximum atomic E-state index is 12.6. The van der Waals surface area contributed by atoms with Gasteiger partial charge in [-0.25, -0.2) is 0 Å². The van der Waals surface area contributed by atoms with Gasteiger partial charge < -0.3 is 0 Å². The van der Waals surface area contributed by atoms with Crippen LogP contribution in [0.25, 0.3) is 0 Å². The fraction of sp³-hybridized carbons (Fsp3) is 1.00. The summed E-state index contributed by atoms with van der Waals surface area (Å²) < 4.78 is 169. The molecule has 0 saturated heterocycles. The largest absolute Gasteiger partial charge is 0.460 e. The summed E-state index contributed by atoms with van der Waals surface area (Å²) in [6, 6.07) is 0. The molecule has 0 unspecified atom stereocenters. The number of halogens is 14. The summed E-state index contributed by atoms with van der Waals surface area (Å²) >= 11 is 0. The number of alkyl halides is 14. The number of rotatable bonds is 4. The van der Waals surface area contributed by atoms with E-state index in [0.717, 1.165) is 0 Å². The summed E-state index contributed by atoms with van der Waals surface area (Å²) in [6.07, 6.45) is -17.6. The molecule has 0 atom stereocenters. The van der Waals surface area contributed by atoms with Crippen LogP contribution in [0, 0.1) is 0 Å². The molecule has 0 aromatic rings. The van der Waals surface area contributed by atoms with E-state index in [2.05, 4.69) is 0 Å². The maximum absolute atomic E-state index is 12.6. The second kappa shape index (κ2) is 4.76. The van der Waals surface area contributed by atoms with Gasteiger partial charge in [-0.3, -0.25) is 0 Å². The first kappa shape index (κ1) is 20.0. The normalized spacial score (nSPS) is 16.3. The lowest BCUT2D eigenvalue weighted by molar-refractivity contribution is -0.426. The lowest BCUT2D eigenvalue weighted by Crippen LogP contribution is -2.66. The highest BCUT2D eigenvalue weighted by Gasteiger charge is 2.87. The standard InChI is InChI=1S/C7H2F14/c8-2(9,1-3(10,11)12)4(13,14)5(15,16)6(17,18)7(19,20)21/h1H2. The summed E-state index contributed by atoms with van der Waals surface area (Å²) in [5.74, 6) is -30.0. The summed E-state index contributed by atoms with van der Waals surface area (Å²) in [7, 11) is 0. The van der Waals surface area contributed by atoms with Crippen LogP contribution >= 0.6 is 0 Å². The van der Waals surface area contributed by atoms with Gasteiger partial charge in [-0.15, -0.1) is 0 Å². The van der Waals surface area contributed by atoms with Crippen LogP contribution in [0.15, 0.2) is 0 Å². The molecule has 0 bridgehead atoms. The highest BCUT2D eigenvalue weighted by atomic mass is 19.4. The molecular formula is C7H2F14. The molecule has 128 valence electrons. The molecular weight excluding hydrogens is 350 g/mol. The van der Waals surface area contributed by atoms with Gasteiger partial charge in [0.2, 0.25) is 0 Å². The third-order valence-corrected chi connectivity index (χ3v) is 2.03. The van der Waals surface area contributed by atoms with Crippen LogP contribution in [-0.4, -0.2) is 36.0 Å². The first-order valence-electron chi connectivity index (χ1n) is 4.35. The second-order valence-corrected chi connectivity index (χ2v) is 3.72. The van der Waals surface area contributed by atoms with Gasteiger partial charge in [0.15, 0.2) is 0 Å². The van der Waals surface area contributed by atoms with Crippen molar-refractivity contribution in [3.63, 3.8) is 0 Å². The third-order valence-electron chi connectivity index (χ3n) is 2.03. The quantitative estimate of drug-likeness (QED) is 0.622. The Morgan fingerprint density at radius 3 is 1.00 bits per heavy atom. The smallest absolute Gasteiger partial charge is 0.199 e. The molecule has 14 heteroatoms. The van der Waals surface area contributed by atoms with Crippen molar-refractivity contribution in [2.45, 2.75) is 42.5 Å².